The lowest BCUT2D eigenvalue weighted by molar-refractivity contribution is 1.07. The minimum atomic E-state index is 0.643. The highest BCUT2D eigenvalue weighted by Gasteiger charge is 2.13. The van der Waals surface area contributed by atoms with Gasteiger partial charge in [-0.05, 0) is 51.6 Å². The van der Waals surface area contributed by atoms with Crippen molar-refractivity contribution in [2.75, 3.05) is 0 Å². The number of benzene rings is 6. The molecule has 43 heavy (non-hydrogen) atoms. The third-order valence-electron chi connectivity index (χ3n) is 7.43. The van der Waals surface area contributed by atoms with E-state index in [0.29, 0.717) is 17.5 Å². The van der Waals surface area contributed by atoms with Gasteiger partial charge in [0.1, 0.15) is 0 Å². The summed E-state index contributed by atoms with van der Waals surface area (Å²) in [6.07, 6.45) is 0. The van der Waals surface area contributed by atoms with Crippen molar-refractivity contribution >= 4 is 15.9 Å². The second kappa shape index (κ2) is 12.0. The SMILES string of the molecule is Brc1ccc(-c2ccc(-c3cccc(-c4nc(-c5ccccc5)nc(-c5ccc(-c6ccccc6)cc5)n4)c3)cc2)cc1. The molecule has 1 heterocycles. The van der Waals surface area contributed by atoms with E-state index in [9.17, 15) is 0 Å². The lowest BCUT2D eigenvalue weighted by atomic mass is 9.99. The van der Waals surface area contributed by atoms with Crippen molar-refractivity contribution < 1.29 is 0 Å². The summed E-state index contributed by atoms with van der Waals surface area (Å²) >= 11 is 3.52. The van der Waals surface area contributed by atoms with Crippen LogP contribution < -0.4 is 0 Å². The quantitative estimate of drug-likeness (QED) is 0.187. The summed E-state index contributed by atoms with van der Waals surface area (Å²) in [5.74, 6) is 1.94. The Balaban J connectivity index is 1.26. The minimum absolute atomic E-state index is 0.643. The molecule has 0 N–H and O–H groups in total. The summed E-state index contributed by atoms with van der Waals surface area (Å²) in [6.45, 7) is 0. The Morgan fingerprint density at radius 3 is 1.14 bits per heavy atom. The van der Waals surface area contributed by atoms with Crippen LogP contribution in [0.4, 0.5) is 0 Å². The van der Waals surface area contributed by atoms with Gasteiger partial charge >= 0.3 is 0 Å². The summed E-state index contributed by atoms with van der Waals surface area (Å²) in [5.41, 5.74) is 9.78. The highest BCUT2D eigenvalue weighted by molar-refractivity contribution is 9.10. The van der Waals surface area contributed by atoms with Crippen molar-refractivity contribution in [3.05, 3.63) is 162 Å². The monoisotopic (exact) mass is 615 g/mol. The molecule has 0 unspecified atom stereocenters. The van der Waals surface area contributed by atoms with E-state index in [4.69, 9.17) is 15.0 Å². The normalized spacial score (nSPS) is 10.9. The van der Waals surface area contributed by atoms with Crippen molar-refractivity contribution in [3.63, 3.8) is 0 Å². The molecule has 0 saturated carbocycles. The van der Waals surface area contributed by atoms with Crippen LogP contribution in [0.5, 0.6) is 0 Å². The van der Waals surface area contributed by atoms with Gasteiger partial charge in [0.2, 0.25) is 0 Å². The molecule has 0 atom stereocenters. The van der Waals surface area contributed by atoms with E-state index in [-0.39, 0.29) is 0 Å². The standard InChI is InChI=1S/C39H26BrN3/c40-36-24-22-30(23-25-36)29-14-16-31(17-15-29)34-12-7-13-35(26-34)39-42-37(32-10-5-2-6-11-32)41-38(43-39)33-20-18-28(19-21-33)27-8-3-1-4-9-27/h1-26H. The topological polar surface area (TPSA) is 38.7 Å². The predicted molar refractivity (Wildman–Crippen MR) is 180 cm³/mol. The Labute approximate surface area is 259 Å². The van der Waals surface area contributed by atoms with Gasteiger partial charge in [-0.3, -0.25) is 0 Å². The fraction of sp³-hybridized carbons (Fsp3) is 0. The van der Waals surface area contributed by atoms with Crippen LogP contribution in [0.25, 0.3) is 67.5 Å². The van der Waals surface area contributed by atoms with Gasteiger partial charge in [0.05, 0.1) is 0 Å². The molecule has 0 saturated heterocycles. The summed E-state index contributed by atoms with van der Waals surface area (Å²) in [5, 5.41) is 0. The average molecular weight is 617 g/mol. The number of hydrogen-bond donors (Lipinski definition) is 0. The van der Waals surface area contributed by atoms with Gasteiger partial charge in [0.15, 0.2) is 17.5 Å². The van der Waals surface area contributed by atoms with E-state index < -0.39 is 0 Å². The fourth-order valence-corrected chi connectivity index (χ4v) is 5.39. The Kier molecular flexibility index (Phi) is 7.43. The number of halogens is 1. The van der Waals surface area contributed by atoms with Gasteiger partial charge in [-0.1, -0.05) is 155 Å². The molecule has 204 valence electrons. The lowest BCUT2D eigenvalue weighted by Gasteiger charge is -2.10. The largest absolute Gasteiger partial charge is 0.208 e. The van der Waals surface area contributed by atoms with Gasteiger partial charge in [-0.2, -0.15) is 0 Å². The molecule has 0 aliphatic carbocycles. The van der Waals surface area contributed by atoms with E-state index in [1.165, 1.54) is 16.7 Å². The summed E-state index contributed by atoms with van der Waals surface area (Å²) in [7, 11) is 0. The average Bonchev–Trinajstić information content (AvgIpc) is 3.09. The zero-order valence-electron chi connectivity index (χ0n) is 23.2. The summed E-state index contributed by atoms with van der Waals surface area (Å²) in [6, 6.07) is 54.3. The maximum Gasteiger partial charge on any atom is 0.164 e. The molecule has 1 aromatic heterocycles. The molecular weight excluding hydrogens is 590 g/mol. The van der Waals surface area contributed by atoms with E-state index >= 15 is 0 Å². The zero-order chi connectivity index (χ0) is 29.0. The first-order chi connectivity index (χ1) is 21.2. The van der Waals surface area contributed by atoms with Gasteiger partial charge in [-0.25, -0.2) is 15.0 Å². The first kappa shape index (κ1) is 26.7. The molecule has 6 aromatic carbocycles. The number of nitrogens with zero attached hydrogens (tertiary/aromatic N) is 3. The van der Waals surface area contributed by atoms with Crippen LogP contribution in [-0.4, -0.2) is 15.0 Å². The molecule has 0 radical (unpaired) electrons. The van der Waals surface area contributed by atoms with Crippen LogP contribution in [0.2, 0.25) is 0 Å². The van der Waals surface area contributed by atoms with Gasteiger partial charge in [0, 0.05) is 21.2 Å². The number of hydrogen-bond acceptors (Lipinski definition) is 3. The summed E-state index contributed by atoms with van der Waals surface area (Å²) in [4.78, 5) is 14.8. The third-order valence-corrected chi connectivity index (χ3v) is 7.96. The molecule has 4 heteroatoms. The molecule has 7 aromatic rings. The Morgan fingerprint density at radius 2 is 0.605 bits per heavy atom. The highest BCUT2D eigenvalue weighted by Crippen LogP contribution is 2.31. The minimum Gasteiger partial charge on any atom is -0.208 e. The second-order valence-electron chi connectivity index (χ2n) is 10.3. The van der Waals surface area contributed by atoms with Crippen molar-refractivity contribution in [2.24, 2.45) is 0 Å². The first-order valence-corrected chi connectivity index (χ1v) is 14.9. The molecule has 7 rings (SSSR count). The van der Waals surface area contributed by atoms with Gasteiger partial charge in [-0.15, -0.1) is 0 Å². The second-order valence-corrected chi connectivity index (χ2v) is 11.2. The Morgan fingerprint density at radius 1 is 0.279 bits per heavy atom. The van der Waals surface area contributed by atoms with E-state index in [1.54, 1.807) is 0 Å². The molecule has 0 amide bonds. The third kappa shape index (κ3) is 5.92. The van der Waals surface area contributed by atoms with Crippen LogP contribution >= 0.6 is 15.9 Å². The van der Waals surface area contributed by atoms with E-state index in [1.807, 2.05) is 36.4 Å². The van der Waals surface area contributed by atoms with Crippen LogP contribution in [0, 0.1) is 0 Å². The smallest absolute Gasteiger partial charge is 0.164 e. The molecule has 0 fully saturated rings. The van der Waals surface area contributed by atoms with E-state index in [2.05, 4.69) is 137 Å². The van der Waals surface area contributed by atoms with Crippen molar-refractivity contribution in [3.8, 4) is 67.5 Å². The number of rotatable bonds is 6. The predicted octanol–water partition coefficient (Wildman–Crippen LogP) is 10.6. The molecule has 0 spiro atoms. The Bertz CT molecular complexity index is 1990. The maximum absolute atomic E-state index is 4.97. The lowest BCUT2D eigenvalue weighted by Crippen LogP contribution is -2.00. The van der Waals surface area contributed by atoms with Crippen molar-refractivity contribution in [2.45, 2.75) is 0 Å². The fourth-order valence-electron chi connectivity index (χ4n) is 5.13. The van der Waals surface area contributed by atoms with Gasteiger partial charge < -0.3 is 0 Å². The molecule has 0 aliphatic heterocycles. The van der Waals surface area contributed by atoms with Crippen LogP contribution in [0.1, 0.15) is 0 Å². The van der Waals surface area contributed by atoms with E-state index in [0.717, 1.165) is 37.9 Å². The van der Waals surface area contributed by atoms with Crippen LogP contribution in [0.15, 0.2) is 162 Å². The maximum atomic E-state index is 4.97. The zero-order valence-corrected chi connectivity index (χ0v) is 24.8. The van der Waals surface area contributed by atoms with Gasteiger partial charge in [0.25, 0.3) is 0 Å². The van der Waals surface area contributed by atoms with Crippen LogP contribution in [-0.2, 0) is 0 Å². The highest BCUT2D eigenvalue weighted by atomic mass is 79.9. The first-order valence-electron chi connectivity index (χ1n) is 14.1. The van der Waals surface area contributed by atoms with Crippen molar-refractivity contribution in [1.82, 2.24) is 15.0 Å². The summed E-state index contributed by atoms with van der Waals surface area (Å²) < 4.78 is 1.07. The molecule has 3 nitrogen and oxygen atoms in total. The molecule has 0 aliphatic rings. The molecular formula is C39H26BrN3. The van der Waals surface area contributed by atoms with Crippen molar-refractivity contribution in [1.29, 1.82) is 0 Å². The molecule has 0 bridgehead atoms. The number of aromatic nitrogens is 3. The Hall–Kier alpha value is -5.19. The van der Waals surface area contributed by atoms with Crippen LogP contribution in [0.3, 0.4) is 0 Å².